The molecule has 1 aromatic carbocycles. The van der Waals surface area contributed by atoms with Crippen LogP contribution < -0.4 is 15.2 Å². The molecule has 4 heteroatoms. The molecule has 1 aliphatic carbocycles. The topological polar surface area (TPSA) is 64.7 Å². The van der Waals surface area contributed by atoms with E-state index in [0.29, 0.717) is 17.4 Å². The smallest absolute Gasteiger partial charge is 0.131 e. The number of benzene rings is 1. The van der Waals surface area contributed by atoms with Crippen LogP contribution in [0.4, 0.5) is 0 Å². The van der Waals surface area contributed by atoms with Crippen molar-refractivity contribution in [3.8, 4) is 17.2 Å². The van der Waals surface area contributed by atoms with E-state index in [9.17, 15) is 5.11 Å². The van der Waals surface area contributed by atoms with E-state index in [0.717, 1.165) is 18.4 Å². The third-order valence-electron chi connectivity index (χ3n) is 3.52. The van der Waals surface area contributed by atoms with E-state index in [1.165, 1.54) is 6.42 Å². The molecule has 1 aromatic rings. The zero-order chi connectivity index (χ0) is 12.4. The van der Waals surface area contributed by atoms with Crippen molar-refractivity contribution in [3.05, 3.63) is 17.7 Å². The molecule has 0 aromatic heterocycles. The van der Waals surface area contributed by atoms with Crippen LogP contribution in [0.2, 0.25) is 0 Å². The van der Waals surface area contributed by atoms with Gasteiger partial charge in [0.05, 0.1) is 19.8 Å². The first kappa shape index (κ1) is 12.0. The molecule has 0 amide bonds. The normalized spacial score (nSPS) is 17.4. The summed E-state index contributed by atoms with van der Waals surface area (Å²) >= 11 is 0. The fourth-order valence-corrected chi connectivity index (χ4v) is 2.29. The van der Waals surface area contributed by atoms with Crippen LogP contribution in [-0.4, -0.2) is 19.3 Å². The molecule has 0 saturated heterocycles. The summed E-state index contributed by atoms with van der Waals surface area (Å²) < 4.78 is 10.6. The Morgan fingerprint density at radius 2 is 1.76 bits per heavy atom. The maximum absolute atomic E-state index is 9.57. The van der Waals surface area contributed by atoms with Crippen molar-refractivity contribution in [2.75, 3.05) is 14.2 Å². The minimum Gasteiger partial charge on any atom is -0.508 e. The van der Waals surface area contributed by atoms with Gasteiger partial charge in [0.25, 0.3) is 0 Å². The Morgan fingerprint density at radius 3 is 2.12 bits per heavy atom. The van der Waals surface area contributed by atoms with Gasteiger partial charge in [-0.2, -0.15) is 0 Å². The van der Waals surface area contributed by atoms with Crippen LogP contribution in [-0.2, 0) is 0 Å². The number of hydrogen-bond acceptors (Lipinski definition) is 4. The predicted molar refractivity (Wildman–Crippen MR) is 65.5 cm³/mol. The first-order valence-electron chi connectivity index (χ1n) is 5.87. The Labute approximate surface area is 101 Å². The molecular weight excluding hydrogens is 218 g/mol. The second kappa shape index (κ2) is 4.84. The van der Waals surface area contributed by atoms with E-state index in [1.54, 1.807) is 26.4 Å². The van der Waals surface area contributed by atoms with Crippen molar-refractivity contribution in [2.24, 2.45) is 11.7 Å². The lowest BCUT2D eigenvalue weighted by Crippen LogP contribution is -2.27. The van der Waals surface area contributed by atoms with Crippen molar-refractivity contribution in [2.45, 2.75) is 25.3 Å². The highest BCUT2D eigenvalue weighted by molar-refractivity contribution is 5.52. The number of aromatic hydroxyl groups is 1. The second-order valence-electron chi connectivity index (χ2n) is 4.48. The van der Waals surface area contributed by atoms with Crippen LogP contribution in [0.3, 0.4) is 0 Å². The SMILES string of the molecule is COc1cc(O)cc(OC)c1[C@@H](N)C1CCC1. The molecule has 1 aliphatic rings. The highest BCUT2D eigenvalue weighted by Crippen LogP contribution is 2.44. The third kappa shape index (κ3) is 2.17. The monoisotopic (exact) mass is 237 g/mol. The van der Waals surface area contributed by atoms with E-state index in [2.05, 4.69) is 0 Å². The van der Waals surface area contributed by atoms with E-state index in [1.807, 2.05) is 0 Å². The largest absolute Gasteiger partial charge is 0.508 e. The van der Waals surface area contributed by atoms with Crippen LogP contribution in [0.5, 0.6) is 17.2 Å². The molecule has 1 atom stereocenters. The Hall–Kier alpha value is -1.42. The molecule has 3 N–H and O–H groups in total. The minimum atomic E-state index is -0.0887. The summed E-state index contributed by atoms with van der Waals surface area (Å²) in [4.78, 5) is 0. The van der Waals surface area contributed by atoms with Crippen LogP contribution in [0.1, 0.15) is 30.9 Å². The number of nitrogens with two attached hydrogens (primary N) is 1. The molecule has 1 fully saturated rings. The first-order valence-corrected chi connectivity index (χ1v) is 5.87. The van der Waals surface area contributed by atoms with Gasteiger partial charge in [-0.05, 0) is 18.8 Å². The number of rotatable bonds is 4. The molecule has 4 nitrogen and oxygen atoms in total. The summed E-state index contributed by atoms with van der Waals surface area (Å²) in [6.45, 7) is 0. The molecule has 0 heterocycles. The van der Waals surface area contributed by atoms with E-state index >= 15 is 0 Å². The van der Waals surface area contributed by atoms with Crippen molar-refractivity contribution < 1.29 is 14.6 Å². The third-order valence-corrected chi connectivity index (χ3v) is 3.52. The maximum atomic E-state index is 9.57. The van der Waals surface area contributed by atoms with Gasteiger partial charge in [0.2, 0.25) is 0 Å². The standard InChI is InChI=1S/C13H19NO3/c1-16-10-6-9(15)7-11(17-2)12(10)13(14)8-4-3-5-8/h6-8,13,15H,3-5,14H2,1-2H3/t13-/m0/s1. The Balaban J connectivity index is 2.41. The summed E-state index contributed by atoms with van der Waals surface area (Å²) in [5.41, 5.74) is 7.12. The summed E-state index contributed by atoms with van der Waals surface area (Å²) in [5, 5.41) is 9.57. The molecule has 0 bridgehead atoms. The Kier molecular flexibility index (Phi) is 3.43. The molecule has 0 aliphatic heterocycles. The number of phenols is 1. The molecule has 17 heavy (non-hydrogen) atoms. The average Bonchev–Trinajstić information content (AvgIpc) is 2.24. The van der Waals surface area contributed by atoms with Crippen LogP contribution in [0.15, 0.2) is 12.1 Å². The Morgan fingerprint density at radius 1 is 1.24 bits per heavy atom. The van der Waals surface area contributed by atoms with Crippen molar-refractivity contribution in [3.63, 3.8) is 0 Å². The van der Waals surface area contributed by atoms with Gasteiger partial charge in [-0.15, -0.1) is 0 Å². The van der Waals surface area contributed by atoms with Gasteiger partial charge >= 0.3 is 0 Å². The van der Waals surface area contributed by atoms with Gasteiger partial charge in [-0.3, -0.25) is 0 Å². The van der Waals surface area contributed by atoms with Gasteiger partial charge in [0.1, 0.15) is 17.2 Å². The van der Waals surface area contributed by atoms with Crippen molar-refractivity contribution in [1.29, 1.82) is 0 Å². The minimum absolute atomic E-state index is 0.0887. The van der Waals surface area contributed by atoms with Crippen LogP contribution >= 0.6 is 0 Å². The molecule has 0 spiro atoms. The summed E-state index contributed by atoms with van der Waals surface area (Å²) in [7, 11) is 3.15. The van der Waals surface area contributed by atoms with E-state index < -0.39 is 0 Å². The summed E-state index contributed by atoms with van der Waals surface area (Å²) in [6.07, 6.45) is 3.53. The van der Waals surface area contributed by atoms with E-state index in [4.69, 9.17) is 15.2 Å². The van der Waals surface area contributed by atoms with Gasteiger partial charge in [-0.25, -0.2) is 0 Å². The average molecular weight is 237 g/mol. The van der Waals surface area contributed by atoms with E-state index in [-0.39, 0.29) is 11.8 Å². The first-order chi connectivity index (χ1) is 8.17. The quantitative estimate of drug-likeness (QED) is 0.842. The maximum Gasteiger partial charge on any atom is 0.131 e. The molecule has 2 rings (SSSR count). The molecular formula is C13H19NO3. The number of methoxy groups -OCH3 is 2. The molecule has 1 saturated carbocycles. The lowest BCUT2D eigenvalue weighted by molar-refractivity contribution is 0.253. The lowest BCUT2D eigenvalue weighted by Gasteiger charge is -2.32. The molecule has 0 radical (unpaired) electrons. The number of hydrogen-bond donors (Lipinski definition) is 2. The fraction of sp³-hybridized carbons (Fsp3) is 0.538. The van der Waals surface area contributed by atoms with Crippen molar-refractivity contribution in [1.82, 2.24) is 0 Å². The predicted octanol–water partition coefficient (Wildman–Crippen LogP) is 2.21. The van der Waals surface area contributed by atoms with Crippen LogP contribution in [0, 0.1) is 5.92 Å². The number of phenolic OH excluding ortho intramolecular Hbond substituents is 1. The van der Waals surface area contributed by atoms with Gasteiger partial charge in [0.15, 0.2) is 0 Å². The van der Waals surface area contributed by atoms with Gasteiger partial charge < -0.3 is 20.3 Å². The van der Waals surface area contributed by atoms with Crippen molar-refractivity contribution >= 4 is 0 Å². The highest BCUT2D eigenvalue weighted by Gasteiger charge is 2.30. The van der Waals surface area contributed by atoms with Gasteiger partial charge in [-0.1, -0.05) is 6.42 Å². The zero-order valence-corrected chi connectivity index (χ0v) is 10.3. The lowest BCUT2D eigenvalue weighted by atomic mass is 9.77. The van der Waals surface area contributed by atoms with Gasteiger partial charge in [0, 0.05) is 18.2 Å². The zero-order valence-electron chi connectivity index (χ0n) is 10.3. The summed E-state index contributed by atoms with van der Waals surface area (Å²) in [6, 6.07) is 3.07. The second-order valence-corrected chi connectivity index (χ2v) is 4.48. The molecule has 94 valence electrons. The number of ether oxygens (including phenoxy) is 2. The highest BCUT2D eigenvalue weighted by atomic mass is 16.5. The molecule has 0 unspecified atom stereocenters. The summed E-state index contributed by atoms with van der Waals surface area (Å²) in [5.74, 6) is 1.81. The fourth-order valence-electron chi connectivity index (χ4n) is 2.29. The Bertz CT molecular complexity index is 377. The van der Waals surface area contributed by atoms with Crippen LogP contribution in [0.25, 0.3) is 0 Å².